The molecule has 0 radical (unpaired) electrons. The third kappa shape index (κ3) is 3.82. The minimum atomic E-state index is -3.68. The minimum Gasteiger partial charge on any atom is -0.398 e. The van der Waals surface area contributed by atoms with E-state index in [-0.39, 0.29) is 23.2 Å². The molecule has 19 heavy (non-hydrogen) atoms. The van der Waals surface area contributed by atoms with Crippen LogP contribution in [0.1, 0.15) is 13.8 Å². The molecule has 0 unspecified atom stereocenters. The van der Waals surface area contributed by atoms with Crippen LogP contribution in [0.5, 0.6) is 0 Å². The molecule has 0 spiro atoms. The molecular weight excluding hydrogens is 288 g/mol. The summed E-state index contributed by atoms with van der Waals surface area (Å²) in [6, 6.07) is 4.22. The molecule has 1 aromatic rings. The number of benzene rings is 1. The predicted octanol–water partition coefficient (Wildman–Crippen LogP) is 1.97. The number of nitrogens with zero attached hydrogens (tertiary/aromatic N) is 1. The maximum absolute atomic E-state index is 12.6. The van der Waals surface area contributed by atoms with Gasteiger partial charge in [-0.1, -0.05) is 11.6 Å². The zero-order valence-corrected chi connectivity index (χ0v) is 12.8. The van der Waals surface area contributed by atoms with Gasteiger partial charge in [0, 0.05) is 24.7 Å². The quantitative estimate of drug-likeness (QED) is 0.816. The van der Waals surface area contributed by atoms with E-state index in [1.54, 1.807) is 19.9 Å². The van der Waals surface area contributed by atoms with Crippen LogP contribution < -0.4 is 5.73 Å². The van der Waals surface area contributed by atoms with E-state index in [4.69, 9.17) is 22.1 Å². The van der Waals surface area contributed by atoms with Crippen LogP contribution in [0.25, 0.3) is 0 Å². The lowest BCUT2D eigenvalue weighted by atomic mass is 10.3. The van der Waals surface area contributed by atoms with Gasteiger partial charge in [-0.3, -0.25) is 0 Å². The molecule has 7 heteroatoms. The zero-order valence-electron chi connectivity index (χ0n) is 11.3. The van der Waals surface area contributed by atoms with Crippen molar-refractivity contribution in [3.05, 3.63) is 23.2 Å². The molecule has 108 valence electrons. The van der Waals surface area contributed by atoms with Crippen molar-refractivity contribution in [1.82, 2.24) is 4.31 Å². The van der Waals surface area contributed by atoms with E-state index in [0.717, 1.165) is 0 Å². The summed E-state index contributed by atoms with van der Waals surface area (Å²) >= 11 is 5.85. The SMILES string of the molecule is COCCN(C(C)C)S(=O)(=O)c1cc(Cl)ccc1N. The Labute approximate surface area is 119 Å². The number of halogens is 1. The Morgan fingerprint density at radius 1 is 1.42 bits per heavy atom. The normalized spacial score (nSPS) is 12.3. The van der Waals surface area contributed by atoms with E-state index in [2.05, 4.69) is 0 Å². The summed E-state index contributed by atoms with van der Waals surface area (Å²) in [5.74, 6) is 0. The Kier molecular flexibility index (Phi) is 5.61. The summed E-state index contributed by atoms with van der Waals surface area (Å²) in [5.41, 5.74) is 5.93. The highest BCUT2D eigenvalue weighted by atomic mass is 35.5. The van der Waals surface area contributed by atoms with Crippen molar-refractivity contribution in [3.63, 3.8) is 0 Å². The van der Waals surface area contributed by atoms with Crippen LogP contribution in [-0.4, -0.2) is 39.0 Å². The van der Waals surface area contributed by atoms with Gasteiger partial charge < -0.3 is 10.5 Å². The number of nitrogen functional groups attached to an aromatic ring is 1. The van der Waals surface area contributed by atoms with Gasteiger partial charge in [0.15, 0.2) is 0 Å². The molecule has 2 N–H and O–H groups in total. The Hall–Kier alpha value is -0.820. The van der Waals surface area contributed by atoms with Gasteiger partial charge in [-0.25, -0.2) is 8.42 Å². The first-order chi connectivity index (χ1) is 8.80. The van der Waals surface area contributed by atoms with Crippen LogP contribution in [0.3, 0.4) is 0 Å². The number of ether oxygens (including phenoxy) is 1. The van der Waals surface area contributed by atoms with Gasteiger partial charge in [0.1, 0.15) is 4.90 Å². The molecule has 0 fully saturated rings. The summed E-state index contributed by atoms with van der Waals surface area (Å²) < 4.78 is 31.5. The first-order valence-corrected chi connectivity index (χ1v) is 7.68. The summed E-state index contributed by atoms with van der Waals surface area (Å²) in [4.78, 5) is 0.0322. The van der Waals surface area contributed by atoms with E-state index >= 15 is 0 Å². The molecule has 0 heterocycles. The summed E-state index contributed by atoms with van der Waals surface area (Å²) in [5, 5.41) is 0.336. The van der Waals surface area contributed by atoms with E-state index < -0.39 is 10.0 Å². The Bertz CT molecular complexity index is 532. The lowest BCUT2D eigenvalue weighted by Gasteiger charge is -2.26. The second kappa shape index (κ2) is 6.56. The zero-order chi connectivity index (χ0) is 14.6. The minimum absolute atomic E-state index is 0.0322. The van der Waals surface area contributed by atoms with Gasteiger partial charge in [0.2, 0.25) is 10.0 Å². The predicted molar refractivity (Wildman–Crippen MR) is 76.8 cm³/mol. The average molecular weight is 307 g/mol. The number of sulfonamides is 1. The fourth-order valence-corrected chi connectivity index (χ4v) is 3.70. The molecule has 0 saturated heterocycles. The largest absolute Gasteiger partial charge is 0.398 e. The van der Waals surface area contributed by atoms with Crippen LogP contribution in [0.4, 0.5) is 5.69 Å². The number of anilines is 1. The molecule has 0 saturated carbocycles. The Morgan fingerprint density at radius 3 is 2.58 bits per heavy atom. The van der Waals surface area contributed by atoms with E-state index in [0.29, 0.717) is 11.6 Å². The van der Waals surface area contributed by atoms with Crippen molar-refractivity contribution in [2.45, 2.75) is 24.8 Å². The first kappa shape index (κ1) is 16.2. The molecule has 5 nitrogen and oxygen atoms in total. The van der Waals surface area contributed by atoms with Crippen molar-refractivity contribution in [2.75, 3.05) is 26.0 Å². The van der Waals surface area contributed by atoms with Crippen molar-refractivity contribution < 1.29 is 13.2 Å². The van der Waals surface area contributed by atoms with Gasteiger partial charge >= 0.3 is 0 Å². The van der Waals surface area contributed by atoms with Crippen LogP contribution >= 0.6 is 11.6 Å². The van der Waals surface area contributed by atoms with Gasteiger partial charge in [-0.15, -0.1) is 0 Å². The highest BCUT2D eigenvalue weighted by molar-refractivity contribution is 7.89. The first-order valence-electron chi connectivity index (χ1n) is 5.86. The van der Waals surface area contributed by atoms with Crippen LogP contribution in [0.15, 0.2) is 23.1 Å². The van der Waals surface area contributed by atoms with Crippen LogP contribution in [0, 0.1) is 0 Å². The number of rotatable bonds is 6. The van der Waals surface area contributed by atoms with Gasteiger partial charge in [-0.2, -0.15) is 4.31 Å². The van der Waals surface area contributed by atoms with Crippen molar-refractivity contribution in [1.29, 1.82) is 0 Å². The van der Waals surface area contributed by atoms with Gasteiger partial charge in [0.25, 0.3) is 0 Å². The van der Waals surface area contributed by atoms with Crippen molar-refractivity contribution >= 4 is 27.3 Å². The highest BCUT2D eigenvalue weighted by Gasteiger charge is 2.28. The van der Waals surface area contributed by atoms with Crippen LogP contribution in [-0.2, 0) is 14.8 Å². The molecule has 0 aromatic heterocycles. The molecule has 0 amide bonds. The summed E-state index contributed by atoms with van der Waals surface area (Å²) in [6.07, 6.45) is 0. The molecular formula is C12H19ClN2O3S. The Morgan fingerprint density at radius 2 is 2.05 bits per heavy atom. The highest BCUT2D eigenvalue weighted by Crippen LogP contribution is 2.26. The van der Waals surface area contributed by atoms with Crippen molar-refractivity contribution in [2.24, 2.45) is 0 Å². The standard InChI is InChI=1S/C12H19ClN2O3S/c1-9(2)15(6-7-18-3)19(16,17)12-8-10(13)4-5-11(12)14/h4-5,8-9H,6-7,14H2,1-3H3. The molecule has 1 rings (SSSR count). The van der Waals surface area contributed by atoms with Gasteiger partial charge in [-0.05, 0) is 32.0 Å². The second-order valence-corrected chi connectivity index (χ2v) is 6.68. The van der Waals surface area contributed by atoms with E-state index in [1.165, 1.54) is 23.5 Å². The summed E-state index contributed by atoms with van der Waals surface area (Å²) in [7, 11) is -2.16. The van der Waals surface area contributed by atoms with Crippen LogP contribution in [0.2, 0.25) is 5.02 Å². The maximum Gasteiger partial charge on any atom is 0.245 e. The lowest BCUT2D eigenvalue weighted by molar-refractivity contribution is 0.171. The molecule has 1 aromatic carbocycles. The summed E-state index contributed by atoms with van der Waals surface area (Å²) in [6.45, 7) is 4.18. The molecule has 0 aliphatic heterocycles. The number of methoxy groups -OCH3 is 1. The smallest absolute Gasteiger partial charge is 0.245 e. The third-order valence-corrected chi connectivity index (χ3v) is 5.02. The fourth-order valence-electron chi connectivity index (χ4n) is 1.70. The Balaban J connectivity index is 3.22. The second-order valence-electron chi connectivity index (χ2n) is 4.38. The van der Waals surface area contributed by atoms with Gasteiger partial charge in [0.05, 0.1) is 12.3 Å². The third-order valence-electron chi connectivity index (χ3n) is 2.65. The average Bonchev–Trinajstić information content (AvgIpc) is 2.32. The molecule has 0 atom stereocenters. The number of hydrogen-bond acceptors (Lipinski definition) is 4. The monoisotopic (exact) mass is 306 g/mol. The fraction of sp³-hybridized carbons (Fsp3) is 0.500. The number of nitrogens with two attached hydrogens (primary N) is 1. The molecule has 0 bridgehead atoms. The molecule has 0 aliphatic rings. The lowest BCUT2D eigenvalue weighted by Crippen LogP contribution is -2.39. The van der Waals surface area contributed by atoms with E-state index in [9.17, 15) is 8.42 Å². The van der Waals surface area contributed by atoms with Crippen molar-refractivity contribution in [3.8, 4) is 0 Å². The maximum atomic E-state index is 12.6. The van der Waals surface area contributed by atoms with E-state index in [1.807, 2.05) is 0 Å². The molecule has 0 aliphatic carbocycles. The topological polar surface area (TPSA) is 72.6 Å². The number of hydrogen-bond donors (Lipinski definition) is 1.